The standard InChI is InChI=1S/C14H16N2O3/c1-3-18-14(17)12-10(2)16-19-13(12)15-9-11-7-5-4-6-8-11/h4-8,15H,3,9H2,1-2H3. The Kier molecular flexibility index (Phi) is 4.18. The number of carbonyl (C=O) groups excluding carboxylic acids is 1. The lowest BCUT2D eigenvalue weighted by atomic mass is 10.2. The minimum Gasteiger partial charge on any atom is -0.462 e. The lowest BCUT2D eigenvalue weighted by molar-refractivity contribution is 0.0526. The second-order valence-corrected chi connectivity index (χ2v) is 4.03. The number of aryl methyl sites for hydroxylation is 1. The van der Waals surface area contributed by atoms with Crippen molar-refractivity contribution in [1.29, 1.82) is 0 Å². The van der Waals surface area contributed by atoms with Crippen LogP contribution in [0.5, 0.6) is 0 Å². The number of benzene rings is 1. The molecule has 0 saturated heterocycles. The molecule has 0 saturated carbocycles. The van der Waals surface area contributed by atoms with Crippen molar-refractivity contribution in [2.75, 3.05) is 11.9 Å². The quantitative estimate of drug-likeness (QED) is 0.837. The Bertz CT molecular complexity index is 549. The fraction of sp³-hybridized carbons (Fsp3) is 0.286. The molecular weight excluding hydrogens is 244 g/mol. The van der Waals surface area contributed by atoms with Crippen LogP contribution >= 0.6 is 0 Å². The highest BCUT2D eigenvalue weighted by atomic mass is 16.5. The normalized spacial score (nSPS) is 10.2. The lowest BCUT2D eigenvalue weighted by Gasteiger charge is -2.05. The van der Waals surface area contributed by atoms with E-state index in [0.29, 0.717) is 30.3 Å². The van der Waals surface area contributed by atoms with Gasteiger partial charge in [0.15, 0.2) is 0 Å². The molecule has 0 aliphatic rings. The Morgan fingerprint density at radius 2 is 2.11 bits per heavy atom. The van der Waals surface area contributed by atoms with Crippen LogP contribution in [0.3, 0.4) is 0 Å². The van der Waals surface area contributed by atoms with Gasteiger partial charge in [0.1, 0.15) is 5.56 Å². The first-order chi connectivity index (χ1) is 9.22. The zero-order valence-electron chi connectivity index (χ0n) is 11.0. The minimum atomic E-state index is -0.420. The van der Waals surface area contributed by atoms with E-state index in [1.165, 1.54) is 0 Å². The van der Waals surface area contributed by atoms with Crippen molar-refractivity contribution in [3.8, 4) is 0 Å². The molecule has 1 aromatic heterocycles. The summed E-state index contributed by atoms with van der Waals surface area (Å²) < 4.78 is 10.1. The minimum absolute atomic E-state index is 0.321. The smallest absolute Gasteiger partial charge is 0.345 e. The fourth-order valence-corrected chi connectivity index (χ4v) is 1.71. The molecule has 19 heavy (non-hydrogen) atoms. The maximum atomic E-state index is 11.8. The molecule has 2 aromatic rings. The molecule has 5 heteroatoms. The second kappa shape index (κ2) is 6.04. The van der Waals surface area contributed by atoms with Gasteiger partial charge >= 0.3 is 5.97 Å². The van der Waals surface area contributed by atoms with Gasteiger partial charge in [-0.25, -0.2) is 4.79 Å². The summed E-state index contributed by atoms with van der Waals surface area (Å²) in [6.07, 6.45) is 0. The summed E-state index contributed by atoms with van der Waals surface area (Å²) in [5, 5.41) is 6.85. The van der Waals surface area contributed by atoms with Gasteiger partial charge in [-0.3, -0.25) is 0 Å². The highest BCUT2D eigenvalue weighted by Gasteiger charge is 2.21. The van der Waals surface area contributed by atoms with Gasteiger partial charge in [-0.05, 0) is 19.4 Å². The van der Waals surface area contributed by atoms with Crippen molar-refractivity contribution in [1.82, 2.24) is 5.16 Å². The molecule has 0 radical (unpaired) electrons. The monoisotopic (exact) mass is 260 g/mol. The van der Waals surface area contributed by atoms with Gasteiger partial charge in [0, 0.05) is 6.54 Å². The van der Waals surface area contributed by atoms with Crippen molar-refractivity contribution in [2.45, 2.75) is 20.4 Å². The van der Waals surface area contributed by atoms with E-state index in [-0.39, 0.29) is 0 Å². The topological polar surface area (TPSA) is 64.4 Å². The van der Waals surface area contributed by atoms with Crippen LogP contribution in [-0.4, -0.2) is 17.7 Å². The summed E-state index contributed by atoms with van der Waals surface area (Å²) in [5.41, 5.74) is 1.97. The highest BCUT2D eigenvalue weighted by Crippen LogP contribution is 2.21. The van der Waals surface area contributed by atoms with E-state index in [0.717, 1.165) is 5.56 Å². The van der Waals surface area contributed by atoms with Crippen LogP contribution in [0.25, 0.3) is 0 Å². The molecule has 0 unspecified atom stereocenters. The zero-order chi connectivity index (χ0) is 13.7. The first-order valence-electron chi connectivity index (χ1n) is 6.13. The van der Waals surface area contributed by atoms with Gasteiger partial charge in [0.25, 0.3) is 0 Å². The molecule has 100 valence electrons. The maximum absolute atomic E-state index is 11.8. The van der Waals surface area contributed by atoms with Crippen LogP contribution in [-0.2, 0) is 11.3 Å². The molecule has 0 aliphatic carbocycles. The van der Waals surface area contributed by atoms with Gasteiger partial charge in [-0.2, -0.15) is 0 Å². The third kappa shape index (κ3) is 3.13. The molecule has 1 heterocycles. The number of carbonyl (C=O) groups is 1. The van der Waals surface area contributed by atoms with E-state index < -0.39 is 5.97 Å². The maximum Gasteiger partial charge on any atom is 0.345 e. The number of hydrogen-bond acceptors (Lipinski definition) is 5. The second-order valence-electron chi connectivity index (χ2n) is 4.03. The number of nitrogens with one attached hydrogen (secondary N) is 1. The summed E-state index contributed by atoms with van der Waals surface area (Å²) in [7, 11) is 0. The number of anilines is 1. The number of aromatic nitrogens is 1. The number of hydrogen-bond donors (Lipinski definition) is 1. The van der Waals surface area contributed by atoms with Gasteiger partial charge in [-0.1, -0.05) is 35.5 Å². The van der Waals surface area contributed by atoms with E-state index in [2.05, 4.69) is 10.5 Å². The molecule has 1 N–H and O–H groups in total. The van der Waals surface area contributed by atoms with E-state index in [9.17, 15) is 4.79 Å². The van der Waals surface area contributed by atoms with Crippen LogP contribution < -0.4 is 5.32 Å². The number of ether oxygens (including phenoxy) is 1. The van der Waals surface area contributed by atoms with E-state index in [1.807, 2.05) is 30.3 Å². The Hall–Kier alpha value is -2.30. The molecule has 2 rings (SSSR count). The Morgan fingerprint density at radius 1 is 1.37 bits per heavy atom. The summed E-state index contributed by atoms with van der Waals surface area (Å²) in [5.74, 6) is -0.0726. The summed E-state index contributed by atoms with van der Waals surface area (Å²) in [6.45, 7) is 4.35. The van der Waals surface area contributed by atoms with Crippen molar-refractivity contribution in [3.05, 3.63) is 47.2 Å². The molecule has 1 aromatic carbocycles. The Morgan fingerprint density at radius 3 is 2.79 bits per heavy atom. The van der Waals surface area contributed by atoms with Gasteiger partial charge in [0.2, 0.25) is 5.88 Å². The largest absolute Gasteiger partial charge is 0.462 e. The molecular formula is C14H16N2O3. The Balaban J connectivity index is 2.11. The van der Waals surface area contributed by atoms with Gasteiger partial charge < -0.3 is 14.6 Å². The van der Waals surface area contributed by atoms with Crippen LogP contribution in [0.15, 0.2) is 34.9 Å². The predicted molar refractivity (Wildman–Crippen MR) is 71.0 cm³/mol. The molecule has 0 aliphatic heterocycles. The van der Waals surface area contributed by atoms with Crippen LogP contribution in [0.2, 0.25) is 0 Å². The van der Waals surface area contributed by atoms with Crippen molar-refractivity contribution >= 4 is 11.9 Å². The zero-order valence-corrected chi connectivity index (χ0v) is 11.0. The number of nitrogens with zero attached hydrogens (tertiary/aromatic N) is 1. The molecule has 0 amide bonds. The average molecular weight is 260 g/mol. The third-order valence-electron chi connectivity index (χ3n) is 2.64. The van der Waals surface area contributed by atoms with Crippen LogP contribution in [0.4, 0.5) is 5.88 Å². The number of esters is 1. The van der Waals surface area contributed by atoms with Crippen LogP contribution in [0, 0.1) is 6.92 Å². The highest BCUT2D eigenvalue weighted by molar-refractivity contribution is 5.95. The average Bonchev–Trinajstić information content (AvgIpc) is 2.79. The van der Waals surface area contributed by atoms with Gasteiger partial charge in [-0.15, -0.1) is 0 Å². The number of rotatable bonds is 5. The van der Waals surface area contributed by atoms with E-state index in [1.54, 1.807) is 13.8 Å². The predicted octanol–water partition coefficient (Wildman–Crippen LogP) is 2.77. The lowest BCUT2D eigenvalue weighted by Crippen LogP contribution is -2.09. The van der Waals surface area contributed by atoms with Crippen LogP contribution in [0.1, 0.15) is 28.5 Å². The van der Waals surface area contributed by atoms with E-state index >= 15 is 0 Å². The third-order valence-corrected chi connectivity index (χ3v) is 2.64. The summed E-state index contributed by atoms with van der Waals surface area (Å²) in [4.78, 5) is 11.8. The van der Waals surface area contributed by atoms with Gasteiger partial charge in [0.05, 0.1) is 12.3 Å². The first-order valence-corrected chi connectivity index (χ1v) is 6.13. The molecule has 0 spiro atoms. The molecule has 5 nitrogen and oxygen atoms in total. The SMILES string of the molecule is CCOC(=O)c1c(C)noc1NCc1ccccc1. The van der Waals surface area contributed by atoms with Crippen molar-refractivity contribution in [3.63, 3.8) is 0 Å². The summed E-state index contributed by atoms with van der Waals surface area (Å²) in [6, 6.07) is 9.83. The molecule has 0 atom stereocenters. The molecule has 0 fully saturated rings. The molecule has 0 bridgehead atoms. The Labute approximate surface area is 111 Å². The van der Waals surface area contributed by atoms with Crippen molar-refractivity contribution in [2.24, 2.45) is 0 Å². The van der Waals surface area contributed by atoms with E-state index in [4.69, 9.17) is 9.26 Å². The van der Waals surface area contributed by atoms with Crippen molar-refractivity contribution < 1.29 is 14.1 Å². The fourth-order valence-electron chi connectivity index (χ4n) is 1.71. The summed E-state index contributed by atoms with van der Waals surface area (Å²) >= 11 is 0. The first kappa shape index (κ1) is 13.1.